The largest absolute Gasteiger partial charge is 0.496 e. The molecule has 7 nitrogen and oxygen atoms in total. The molecule has 2 aliphatic heterocycles. The summed E-state index contributed by atoms with van der Waals surface area (Å²) in [7, 11) is 1.59. The van der Waals surface area contributed by atoms with Crippen molar-refractivity contribution in [1.82, 2.24) is 9.91 Å². The molecule has 2 aromatic carbocycles. The van der Waals surface area contributed by atoms with Crippen LogP contribution in [0.2, 0.25) is 0 Å². The summed E-state index contributed by atoms with van der Waals surface area (Å²) in [4.78, 5) is 27.6. The summed E-state index contributed by atoms with van der Waals surface area (Å²) in [6, 6.07) is 13.4. The number of benzene rings is 2. The van der Waals surface area contributed by atoms with Crippen LogP contribution in [0.25, 0.3) is 0 Å². The number of hydrogen-bond acceptors (Lipinski definition) is 6. The molecule has 1 fully saturated rings. The van der Waals surface area contributed by atoms with Gasteiger partial charge in [-0.05, 0) is 56.1 Å². The molecule has 2 atom stereocenters. The van der Waals surface area contributed by atoms with E-state index in [9.17, 15) is 14.0 Å². The minimum Gasteiger partial charge on any atom is -0.496 e. The van der Waals surface area contributed by atoms with Gasteiger partial charge in [0.2, 0.25) is 0 Å². The molecule has 4 rings (SSSR count). The second kappa shape index (κ2) is 10.8. The third-order valence-electron chi connectivity index (χ3n) is 6.30. The average Bonchev–Trinajstić information content (AvgIpc) is 3.30. The van der Waals surface area contributed by atoms with Gasteiger partial charge in [-0.15, -0.1) is 0 Å². The van der Waals surface area contributed by atoms with Gasteiger partial charge in [0.05, 0.1) is 37.9 Å². The minimum atomic E-state index is -0.422. The number of likely N-dealkylation sites (tertiary alicyclic amines) is 1. The van der Waals surface area contributed by atoms with Gasteiger partial charge in [0.1, 0.15) is 11.6 Å². The number of esters is 1. The molecule has 0 aromatic heterocycles. The second-order valence-electron chi connectivity index (χ2n) is 8.59. The monoisotopic (exact) mass is 467 g/mol. The lowest BCUT2D eigenvalue weighted by atomic mass is 9.97. The van der Waals surface area contributed by atoms with E-state index in [0.717, 1.165) is 24.9 Å². The number of nitrogens with zero attached hydrogens (tertiary/aromatic N) is 3. The van der Waals surface area contributed by atoms with Gasteiger partial charge in [0, 0.05) is 18.5 Å². The molecule has 2 heterocycles. The molecule has 1 saturated heterocycles. The number of hydrazone groups is 1. The summed E-state index contributed by atoms with van der Waals surface area (Å²) in [6.07, 6.45) is 2.02. The van der Waals surface area contributed by atoms with E-state index in [0.29, 0.717) is 36.6 Å². The van der Waals surface area contributed by atoms with Gasteiger partial charge in [-0.1, -0.05) is 24.3 Å². The number of carbonyl (C=O) groups excluding carboxylic acids is 2. The number of rotatable bonds is 7. The van der Waals surface area contributed by atoms with E-state index in [1.54, 1.807) is 20.1 Å². The molecular weight excluding hydrogens is 437 g/mol. The van der Waals surface area contributed by atoms with E-state index in [2.05, 4.69) is 5.10 Å². The fourth-order valence-corrected chi connectivity index (χ4v) is 4.67. The van der Waals surface area contributed by atoms with E-state index >= 15 is 0 Å². The van der Waals surface area contributed by atoms with E-state index in [1.807, 2.05) is 35.2 Å². The van der Waals surface area contributed by atoms with E-state index in [4.69, 9.17) is 9.47 Å². The standard InChI is InChI=1S/C26H30FN3O4/c1-3-34-26(32)19-9-7-13-29(16-19)17-25(31)30-23(18-8-6-10-20(27)14-18)15-22(28-30)21-11-4-5-12-24(21)33-2/h4-6,8,10-12,14,19,23H,3,7,9,13,15-17H2,1-2H3. The van der Waals surface area contributed by atoms with Crippen LogP contribution in [0, 0.1) is 11.7 Å². The minimum absolute atomic E-state index is 0.129. The first-order valence-electron chi connectivity index (χ1n) is 11.7. The van der Waals surface area contributed by atoms with Gasteiger partial charge in [-0.2, -0.15) is 5.10 Å². The third kappa shape index (κ3) is 5.28. The van der Waals surface area contributed by atoms with Crippen molar-refractivity contribution in [2.45, 2.75) is 32.2 Å². The third-order valence-corrected chi connectivity index (χ3v) is 6.30. The van der Waals surface area contributed by atoms with Gasteiger partial charge >= 0.3 is 5.97 Å². The first-order valence-corrected chi connectivity index (χ1v) is 11.7. The van der Waals surface area contributed by atoms with Crippen molar-refractivity contribution >= 4 is 17.6 Å². The molecule has 0 saturated carbocycles. The fourth-order valence-electron chi connectivity index (χ4n) is 4.67. The van der Waals surface area contributed by atoms with Gasteiger partial charge in [-0.3, -0.25) is 14.5 Å². The number of methoxy groups -OCH3 is 1. The Morgan fingerprint density at radius 2 is 2.00 bits per heavy atom. The summed E-state index contributed by atoms with van der Waals surface area (Å²) in [5.41, 5.74) is 2.20. The molecular formula is C26H30FN3O4. The maximum atomic E-state index is 14.0. The van der Waals surface area contributed by atoms with Crippen molar-refractivity contribution in [3.63, 3.8) is 0 Å². The van der Waals surface area contributed by atoms with Crippen LogP contribution in [0.4, 0.5) is 4.39 Å². The van der Waals surface area contributed by atoms with Crippen LogP contribution >= 0.6 is 0 Å². The van der Waals surface area contributed by atoms with Gasteiger partial charge in [0.15, 0.2) is 0 Å². The maximum absolute atomic E-state index is 14.0. The Hall–Kier alpha value is -3.26. The summed E-state index contributed by atoms with van der Waals surface area (Å²) < 4.78 is 24.7. The Kier molecular flexibility index (Phi) is 7.57. The molecule has 1 amide bonds. The molecule has 0 N–H and O–H groups in total. The Morgan fingerprint density at radius 3 is 2.76 bits per heavy atom. The van der Waals surface area contributed by atoms with Crippen LogP contribution in [0.5, 0.6) is 5.75 Å². The molecule has 0 bridgehead atoms. The lowest BCUT2D eigenvalue weighted by molar-refractivity contribution is -0.150. The topological polar surface area (TPSA) is 71.4 Å². The predicted octanol–water partition coefficient (Wildman–Crippen LogP) is 3.79. The molecule has 8 heteroatoms. The zero-order chi connectivity index (χ0) is 24.1. The summed E-state index contributed by atoms with van der Waals surface area (Å²) in [5.74, 6) is -0.323. The second-order valence-corrected chi connectivity index (χ2v) is 8.59. The highest BCUT2D eigenvalue weighted by Gasteiger charge is 2.36. The number of hydrogen-bond donors (Lipinski definition) is 0. The number of ether oxygens (including phenoxy) is 2. The molecule has 0 radical (unpaired) electrons. The van der Waals surface area contributed by atoms with Crippen LogP contribution in [0.15, 0.2) is 53.6 Å². The first-order chi connectivity index (χ1) is 16.5. The Morgan fingerprint density at radius 1 is 1.18 bits per heavy atom. The van der Waals surface area contributed by atoms with Crippen LogP contribution in [-0.2, 0) is 14.3 Å². The summed E-state index contributed by atoms with van der Waals surface area (Å²) >= 11 is 0. The molecule has 2 aliphatic rings. The molecule has 34 heavy (non-hydrogen) atoms. The lowest BCUT2D eigenvalue weighted by Crippen LogP contribution is -2.44. The van der Waals surface area contributed by atoms with Crippen molar-refractivity contribution in [3.8, 4) is 5.75 Å². The normalized spacial score (nSPS) is 20.7. The van der Waals surface area contributed by atoms with Crippen LogP contribution in [-0.4, -0.2) is 60.8 Å². The fraction of sp³-hybridized carbons (Fsp3) is 0.423. The average molecular weight is 468 g/mol. The Labute approximate surface area is 199 Å². The molecule has 0 aliphatic carbocycles. The van der Waals surface area contributed by atoms with Gasteiger partial charge in [0.25, 0.3) is 5.91 Å². The lowest BCUT2D eigenvalue weighted by Gasteiger charge is -2.32. The number of piperidine rings is 1. The Balaban J connectivity index is 1.57. The van der Waals surface area contributed by atoms with Gasteiger partial charge in [-0.25, -0.2) is 9.40 Å². The highest BCUT2D eigenvalue weighted by atomic mass is 19.1. The van der Waals surface area contributed by atoms with E-state index < -0.39 is 6.04 Å². The van der Waals surface area contributed by atoms with Crippen LogP contribution in [0.3, 0.4) is 0 Å². The van der Waals surface area contributed by atoms with Crippen molar-refractivity contribution in [2.75, 3.05) is 33.4 Å². The van der Waals surface area contributed by atoms with Crippen molar-refractivity contribution in [1.29, 1.82) is 0 Å². The SMILES string of the molecule is CCOC(=O)C1CCCN(CC(=O)N2N=C(c3ccccc3OC)CC2c2cccc(F)c2)C1. The zero-order valence-electron chi connectivity index (χ0n) is 19.6. The highest BCUT2D eigenvalue weighted by molar-refractivity contribution is 6.05. The van der Waals surface area contributed by atoms with Crippen molar-refractivity contribution in [3.05, 3.63) is 65.5 Å². The highest BCUT2D eigenvalue weighted by Crippen LogP contribution is 2.35. The van der Waals surface area contributed by atoms with E-state index in [-0.39, 0.29) is 30.2 Å². The van der Waals surface area contributed by atoms with E-state index in [1.165, 1.54) is 17.1 Å². The molecule has 2 aromatic rings. The molecule has 0 spiro atoms. The predicted molar refractivity (Wildman–Crippen MR) is 126 cm³/mol. The summed E-state index contributed by atoms with van der Waals surface area (Å²) in [6.45, 7) is 3.47. The Bertz CT molecular complexity index is 1070. The molecule has 2 unspecified atom stereocenters. The number of para-hydroxylation sites is 1. The van der Waals surface area contributed by atoms with Crippen molar-refractivity contribution < 1.29 is 23.5 Å². The smallest absolute Gasteiger partial charge is 0.310 e. The summed E-state index contributed by atoms with van der Waals surface area (Å²) in [5, 5.41) is 6.15. The number of amides is 1. The number of halogens is 1. The van der Waals surface area contributed by atoms with Crippen molar-refractivity contribution in [2.24, 2.45) is 11.0 Å². The quantitative estimate of drug-likeness (QED) is 0.580. The first kappa shape index (κ1) is 23.9. The zero-order valence-corrected chi connectivity index (χ0v) is 19.6. The molecule has 180 valence electrons. The van der Waals surface area contributed by atoms with Crippen LogP contribution < -0.4 is 4.74 Å². The van der Waals surface area contributed by atoms with Crippen LogP contribution in [0.1, 0.15) is 43.4 Å². The number of carbonyl (C=O) groups is 2. The van der Waals surface area contributed by atoms with Gasteiger partial charge < -0.3 is 9.47 Å². The maximum Gasteiger partial charge on any atom is 0.310 e.